The van der Waals surface area contributed by atoms with Crippen molar-refractivity contribution in [2.24, 2.45) is 5.92 Å². The Bertz CT molecular complexity index is 304. The maximum atomic E-state index is 11.3. The average molecular weight is 271 g/mol. The van der Waals surface area contributed by atoms with Crippen molar-refractivity contribution in [3.8, 4) is 0 Å². The van der Waals surface area contributed by atoms with Gasteiger partial charge in [0.25, 0.3) is 0 Å². The topological polar surface area (TPSA) is 59.0 Å². The van der Waals surface area contributed by atoms with Crippen molar-refractivity contribution in [3.05, 3.63) is 0 Å². The summed E-state index contributed by atoms with van der Waals surface area (Å²) >= 11 is 0. The van der Waals surface area contributed by atoms with Crippen LogP contribution in [-0.4, -0.2) is 60.5 Å². The van der Waals surface area contributed by atoms with Crippen molar-refractivity contribution in [3.63, 3.8) is 0 Å². The molecule has 19 heavy (non-hydrogen) atoms. The first kappa shape index (κ1) is 14.8. The second kappa shape index (κ2) is 6.68. The van der Waals surface area contributed by atoms with Crippen molar-refractivity contribution >= 4 is 5.97 Å². The molecule has 1 N–H and O–H groups in total. The lowest BCUT2D eigenvalue weighted by molar-refractivity contribution is -0.144. The van der Waals surface area contributed by atoms with Crippen LogP contribution in [0.4, 0.5) is 0 Å². The van der Waals surface area contributed by atoms with Crippen LogP contribution in [0.3, 0.4) is 0 Å². The Morgan fingerprint density at radius 1 is 1.37 bits per heavy atom. The predicted octanol–water partition coefficient (Wildman–Crippen LogP) is 1.37. The molecule has 1 heterocycles. The lowest BCUT2D eigenvalue weighted by Gasteiger charge is -2.45. The fourth-order valence-corrected chi connectivity index (χ4v) is 3.16. The molecule has 0 bridgehead atoms. The summed E-state index contributed by atoms with van der Waals surface area (Å²) in [5.74, 6) is -1.11. The molecule has 0 aromatic carbocycles. The molecule has 0 aromatic rings. The van der Waals surface area contributed by atoms with Gasteiger partial charge in [-0.3, -0.25) is 9.69 Å². The summed E-state index contributed by atoms with van der Waals surface area (Å²) in [7, 11) is 0. The van der Waals surface area contributed by atoms with E-state index in [9.17, 15) is 9.90 Å². The highest BCUT2D eigenvalue weighted by atomic mass is 16.5. The number of ether oxygens (including phenoxy) is 2. The van der Waals surface area contributed by atoms with Gasteiger partial charge in [0.15, 0.2) is 0 Å². The Kier molecular flexibility index (Phi) is 5.19. The zero-order valence-electron chi connectivity index (χ0n) is 11.9. The third-order valence-electron chi connectivity index (χ3n) is 4.22. The van der Waals surface area contributed by atoms with Crippen LogP contribution in [0.1, 0.15) is 33.1 Å². The Morgan fingerprint density at radius 3 is 2.68 bits per heavy atom. The molecule has 2 atom stereocenters. The molecule has 110 valence electrons. The van der Waals surface area contributed by atoms with E-state index in [1.807, 2.05) is 6.92 Å². The van der Waals surface area contributed by atoms with Crippen molar-refractivity contribution in [2.75, 3.05) is 26.4 Å². The molecular formula is C14H25NO4. The van der Waals surface area contributed by atoms with Crippen LogP contribution in [0.25, 0.3) is 0 Å². The smallest absolute Gasteiger partial charge is 0.310 e. The third kappa shape index (κ3) is 3.27. The van der Waals surface area contributed by atoms with Crippen LogP contribution in [0.15, 0.2) is 0 Å². The zero-order chi connectivity index (χ0) is 13.8. The maximum absolute atomic E-state index is 11.3. The molecular weight excluding hydrogens is 246 g/mol. The van der Waals surface area contributed by atoms with Gasteiger partial charge < -0.3 is 14.6 Å². The molecule has 0 aromatic heterocycles. The Labute approximate surface area is 114 Å². The van der Waals surface area contributed by atoms with Gasteiger partial charge in [-0.1, -0.05) is 6.92 Å². The Hall–Kier alpha value is -0.650. The molecule has 0 amide bonds. The van der Waals surface area contributed by atoms with E-state index in [1.54, 1.807) is 0 Å². The minimum absolute atomic E-state index is 0.0324. The van der Waals surface area contributed by atoms with E-state index >= 15 is 0 Å². The molecule has 1 saturated carbocycles. The first-order valence-electron chi connectivity index (χ1n) is 7.35. The van der Waals surface area contributed by atoms with Crippen LogP contribution >= 0.6 is 0 Å². The van der Waals surface area contributed by atoms with Crippen molar-refractivity contribution < 1.29 is 19.4 Å². The molecule has 2 fully saturated rings. The minimum Gasteiger partial charge on any atom is -0.481 e. The number of carboxylic acids is 1. The van der Waals surface area contributed by atoms with Crippen LogP contribution in [-0.2, 0) is 14.3 Å². The van der Waals surface area contributed by atoms with E-state index in [0.717, 1.165) is 32.4 Å². The standard InChI is InChI=1S/C14H25NO4/c1-3-5-15(10-6-11(7-10)19-4-2)13-9-18-8-12(13)14(16)17/h10-13H,3-9H2,1-2H3,(H,16,17). The largest absolute Gasteiger partial charge is 0.481 e. The molecule has 2 rings (SSSR count). The highest BCUT2D eigenvalue weighted by molar-refractivity contribution is 5.71. The molecule has 1 aliphatic heterocycles. The first-order chi connectivity index (χ1) is 9.17. The monoisotopic (exact) mass is 271 g/mol. The lowest BCUT2D eigenvalue weighted by Crippen LogP contribution is -2.55. The second-order valence-electron chi connectivity index (χ2n) is 5.49. The number of carboxylic acid groups (broad SMARTS) is 1. The fraction of sp³-hybridized carbons (Fsp3) is 0.929. The number of hydrogen-bond donors (Lipinski definition) is 1. The lowest BCUT2D eigenvalue weighted by atomic mass is 9.85. The van der Waals surface area contributed by atoms with E-state index < -0.39 is 5.97 Å². The molecule has 2 aliphatic rings. The summed E-state index contributed by atoms with van der Waals surface area (Å²) in [4.78, 5) is 13.6. The van der Waals surface area contributed by atoms with Crippen LogP contribution in [0, 0.1) is 5.92 Å². The first-order valence-corrected chi connectivity index (χ1v) is 7.35. The van der Waals surface area contributed by atoms with E-state index in [2.05, 4.69) is 11.8 Å². The zero-order valence-corrected chi connectivity index (χ0v) is 11.9. The molecule has 0 spiro atoms. The molecule has 5 heteroatoms. The van der Waals surface area contributed by atoms with Gasteiger partial charge >= 0.3 is 5.97 Å². The summed E-state index contributed by atoms with van der Waals surface area (Å²) in [6, 6.07) is 0.495. The number of aliphatic carboxylic acids is 1. The second-order valence-corrected chi connectivity index (χ2v) is 5.49. The SMILES string of the molecule is CCCN(C1CC(OCC)C1)C1COCC1C(=O)O. The van der Waals surface area contributed by atoms with Gasteiger partial charge in [0, 0.05) is 18.7 Å². The van der Waals surface area contributed by atoms with Crippen LogP contribution in [0.5, 0.6) is 0 Å². The number of hydrogen-bond acceptors (Lipinski definition) is 4. The van der Waals surface area contributed by atoms with Crippen molar-refractivity contribution in [1.82, 2.24) is 4.90 Å². The molecule has 1 aliphatic carbocycles. The van der Waals surface area contributed by atoms with Crippen LogP contribution in [0.2, 0.25) is 0 Å². The number of nitrogens with zero attached hydrogens (tertiary/aromatic N) is 1. The highest BCUT2D eigenvalue weighted by Crippen LogP contribution is 2.33. The molecule has 0 radical (unpaired) electrons. The molecule has 5 nitrogen and oxygen atoms in total. The average Bonchev–Trinajstić information content (AvgIpc) is 2.80. The normalized spacial score (nSPS) is 34.5. The summed E-state index contributed by atoms with van der Waals surface area (Å²) in [6.07, 6.45) is 3.45. The fourth-order valence-electron chi connectivity index (χ4n) is 3.16. The highest BCUT2D eigenvalue weighted by Gasteiger charge is 2.43. The number of carbonyl (C=O) groups is 1. The third-order valence-corrected chi connectivity index (χ3v) is 4.22. The predicted molar refractivity (Wildman–Crippen MR) is 71.2 cm³/mol. The van der Waals surface area contributed by atoms with Gasteiger partial charge in [-0.05, 0) is 32.7 Å². The Balaban J connectivity index is 1.94. The molecule has 2 unspecified atom stereocenters. The van der Waals surface area contributed by atoms with Crippen molar-refractivity contribution in [1.29, 1.82) is 0 Å². The number of rotatable bonds is 7. The quantitative estimate of drug-likeness (QED) is 0.758. The summed E-state index contributed by atoms with van der Waals surface area (Å²) in [6.45, 7) is 6.76. The maximum Gasteiger partial charge on any atom is 0.310 e. The molecule has 1 saturated heterocycles. The van der Waals surface area contributed by atoms with E-state index in [1.165, 1.54) is 0 Å². The summed E-state index contributed by atoms with van der Waals surface area (Å²) < 4.78 is 11.0. The van der Waals surface area contributed by atoms with Crippen LogP contribution < -0.4 is 0 Å². The van der Waals surface area contributed by atoms with Gasteiger partial charge in [-0.25, -0.2) is 0 Å². The van der Waals surface area contributed by atoms with Gasteiger partial charge in [-0.15, -0.1) is 0 Å². The van der Waals surface area contributed by atoms with E-state index in [4.69, 9.17) is 9.47 Å². The van der Waals surface area contributed by atoms with Crippen molar-refractivity contribution in [2.45, 2.75) is 51.3 Å². The minimum atomic E-state index is -0.732. The summed E-state index contributed by atoms with van der Waals surface area (Å²) in [5, 5.41) is 9.28. The van der Waals surface area contributed by atoms with E-state index in [-0.39, 0.29) is 12.0 Å². The van der Waals surface area contributed by atoms with Gasteiger partial charge in [0.05, 0.1) is 25.2 Å². The van der Waals surface area contributed by atoms with Gasteiger partial charge in [0.1, 0.15) is 0 Å². The van der Waals surface area contributed by atoms with Gasteiger partial charge in [-0.2, -0.15) is 0 Å². The van der Waals surface area contributed by atoms with Gasteiger partial charge in [0.2, 0.25) is 0 Å². The Morgan fingerprint density at radius 2 is 2.11 bits per heavy atom. The summed E-state index contributed by atoms with van der Waals surface area (Å²) in [5.41, 5.74) is 0. The van der Waals surface area contributed by atoms with E-state index in [0.29, 0.717) is 25.4 Å².